The van der Waals surface area contributed by atoms with Crippen molar-refractivity contribution in [2.24, 2.45) is 11.8 Å². The molecule has 21 heavy (non-hydrogen) atoms. The van der Waals surface area contributed by atoms with Crippen LogP contribution in [0.25, 0.3) is 0 Å². The number of thioether (sulfide) groups is 1. The molecule has 6 nitrogen and oxygen atoms in total. The zero-order chi connectivity index (χ0) is 15.8. The third-order valence-electron chi connectivity index (χ3n) is 3.82. The van der Waals surface area contributed by atoms with E-state index in [2.05, 4.69) is 31.0 Å². The third-order valence-corrected chi connectivity index (χ3v) is 4.48. The molecule has 1 aliphatic heterocycles. The lowest BCUT2D eigenvalue weighted by atomic mass is 9.97. The maximum Gasteiger partial charge on any atom is 0.263 e. The molecule has 0 saturated carbocycles. The first-order chi connectivity index (χ1) is 9.96. The van der Waals surface area contributed by atoms with E-state index in [0.717, 1.165) is 39.0 Å². The van der Waals surface area contributed by atoms with E-state index in [4.69, 9.17) is 4.74 Å². The minimum Gasteiger partial charge on any atom is -0.381 e. The van der Waals surface area contributed by atoms with Crippen molar-refractivity contribution in [3.63, 3.8) is 0 Å². The Kier molecular flexibility index (Phi) is 8.06. The second kappa shape index (κ2) is 9.27. The zero-order valence-electron chi connectivity index (χ0n) is 13.4. The van der Waals surface area contributed by atoms with E-state index in [1.807, 2.05) is 6.26 Å². The molecule has 1 saturated heterocycles. The number of nitrogens with zero attached hydrogens (tertiary/aromatic N) is 2. The van der Waals surface area contributed by atoms with E-state index in [9.17, 15) is 10.1 Å². The van der Waals surface area contributed by atoms with Crippen molar-refractivity contribution in [1.29, 1.82) is 0 Å². The number of likely N-dealkylation sites (N-methyl/N-ethyl adjacent to an activating group) is 1. The molecule has 0 aromatic rings. The Bertz CT molecular complexity index is 365. The van der Waals surface area contributed by atoms with Crippen molar-refractivity contribution < 1.29 is 9.66 Å². The molecule has 0 aromatic heterocycles. The zero-order valence-corrected chi connectivity index (χ0v) is 14.2. The predicted octanol–water partition coefficient (Wildman–Crippen LogP) is 2.01. The predicted molar refractivity (Wildman–Crippen MR) is 86.8 cm³/mol. The highest BCUT2D eigenvalue weighted by Crippen LogP contribution is 2.21. The molecule has 0 aliphatic carbocycles. The van der Waals surface area contributed by atoms with E-state index >= 15 is 0 Å². The summed E-state index contributed by atoms with van der Waals surface area (Å²) in [4.78, 5) is 12.5. The molecule has 1 fully saturated rings. The summed E-state index contributed by atoms with van der Waals surface area (Å²) < 4.78 is 5.52. The first-order valence-corrected chi connectivity index (χ1v) is 8.64. The van der Waals surface area contributed by atoms with Crippen LogP contribution in [-0.2, 0) is 4.74 Å². The van der Waals surface area contributed by atoms with Gasteiger partial charge in [0.05, 0.1) is 11.5 Å². The molecule has 122 valence electrons. The lowest BCUT2D eigenvalue weighted by molar-refractivity contribution is -0.403. The van der Waals surface area contributed by atoms with Gasteiger partial charge in [0, 0.05) is 25.7 Å². The maximum atomic E-state index is 10.5. The second-order valence-corrected chi connectivity index (χ2v) is 6.50. The van der Waals surface area contributed by atoms with Gasteiger partial charge in [-0.3, -0.25) is 10.1 Å². The first-order valence-electron chi connectivity index (χ1n) is 7.42. The molecule has 0 aromatic carbocycles. The monoisotopic (exact) mass is 317 g/mol. The smallest absolute Gasteiger partial charge is 0.263 e. The Hall–Kier alpha value is -0.790. The van der Waals surface area contributed by atoms with Crippen molar-refractivity contribution in [3.8, 4) is 0 Å². The van der Waals surface area contributed by atoms with Crippen molar-refractivity contribution in [1.82, 2.24) is 10.2 Å². The third kappa shape index (κ3) is 6.67. The highest BCUT2D eigenvalue weighted by Gasteiger charge is 2.26. The largest absolute Gasteiger partial charge is 0.381 e. The Labute approximate surface area is 131 Å². The van der Waals surface area contributed by atoms with Crippen molar-refractivity contribution in [2.75, 3.05) is 39.1 Å². The summed E-state index contributed by atoms with van der Waals surface area (Å²) in [6, 6.07) is 0.168. The van der Waals surface area contributed by atoms with Gasteiger partial charge >= 0.3 is 0 Å². The number of nitrogens with one attached hydrogen (secondary N) is 1. The highest BCUT2D eigenvalue weighted by atomic mass is 32.2. The lowest BCUT2D eigenvalue weighted by Gasteiger charge is -2.28. The number of ether oxygens (including phenoxy) is 1. The van der Waals surface area contributed by atoms with Crippen LogP contribution in [0.15, 0.2) is 11.2 Å². The minimum atomic E-state index is -0.416. The van der Waals surface area contributed by atoms with Gasteiger partial charge in [0.25, 0.3) is 6.20 Å². The van der Waals surface area contributed by atoms with E-state index < -0.39 is 4.92 Å². The normalized spacial score (nSPS) is 24.3. The molecule has 0 spiro atoms. The summed E-state index contributed by atoms with van der Waals surface area (Å²) in [7, 11) is 0. The maximum absolute atomic E-state index is 10.5. The number of nitro groups is 1. The number of hydrogen-bond acceptors (Lipinski definition) is 6. The molecule has 0 amide bonds. The SMILES string of the molecule is CCN(CC(C)NC(=C[N+](=O)[O-])SC)CC1COCC1C. The summed E-state index contributed by atoms with van der Waals surface area (Å²) in [5.41, 5.74) is 0. The van der Waals surface area contributed by atoms with Gasteiger partial charge in [0.1, 0.15) is 5.03 Å². The molecular weight excluding hydrogens is 290 g/mol. The van der Waals surface area contributed by atoms with Crippen LogP contribution in [-0.4, -0.2) is 55.0 Å². The van der Waals surface area contributed by atoms with Crippen LogP contribution >= 0.6 is 11.8 Å². The molecule has 7 heteroatoms. The molecule has 0 bridgehead atoms. The summed E-state index contributed by atoms with van der Waals surface area (Å²) in [6.07, 6.45) is 2.87. The van der Waals surface area contributed by atoms with Crippen molar-refractivity contribution in [3.05, 3.63) is 21.3 Å². The van der Waals surface area contributed by atoms with E-state index in [1.165, 1.54) is 11.8 Å². The highest BCUT2D eigenvalue weighted by molar-refractivity contribution is 8.02. The van der Waals surface area contributed by atoms with Gasteiger partial charge in [-0.05, 0) is 31.6 Å². The average molecular weight is 317 g/mol. The summed E-state index contributed by atoms with van der Waals surface area (Å²) in [6.45, 7) is 11.0. The van der Waals surface area contributed by atoms with E-state index in [0.29, 0.717) is 16.9 Å². The van der Waals surface area contributed by atoms with Crippen LogP contribution in [0.1, 0.15) is 20.8 Å². The summed E-state index contributed by atoms with van der Waals surface area (Å²) in [5.74, 6) is 1.20. The average Bonchev–Trinajstić information content (AvgIpc) is 2.82. The Morgan fingerprint density at radius 1 is 1.62 bits per heavy atom. The van der Waals surface area contributed by atoms with Crippen LogP contribution in [0.5, 0.6) is 0 Å². The van der Waals surface area contributed by atoms with Crippen LogP contribution in [0.2, 0.25) is 0 Å². The molecule has 1 heterocycles. The van der Waals surface area contributed by atoms with E-state index in [-0.39, 0.29) is 6.04 Å². The Morgan fingerprint density at radius 2 is 2.33 bits per heavy atom. The molecule has 1 rings (SSSR count). The standard InChI is InChI=1S/C14H27N3O3S/c1-5-16(7-13-10-20-9-11(13)2)6-12(3)15-14(21-4)8-17(18)19/h8,11-13,15H,5-7,9-10H2,1-4H3. The lowest BCUT2D eigenvalue weighted by Crippen LogP contribution is -2.41. The van der Waals surface area contributed by atoms with Crippen LogP contribution in [0, 0.1) is 22.0 Å². The molecule has 3 atom stereocenters. The van der Waals surface area contributed by atoms with Gasteiger partial charge in [0.15, 0.2) is 0 Å². The molecule has 3 unspecified atom stereocenters. The van der Waals surface area contributed by atoms with Gasteiger partial charge in [-0.25, -0.2) is 0 Å². The number of hydrogen-bond donors (Lipinski definition) is 1. The van der Waals surface area contributed by atoms with Crippen LogP contribution in [0.3, 0.4) is 0 Å². The van der Waals surface area contributed by atoms with Gasteiger partial charge in [0.2, 0.25) is 0 Å². The Balaban J connectivity index is 2.46. The molecular formula is C14H27N3O3S. The quantitative estimate of drug-likeness (QED) is 0.518. The number of rotatable bonds is 9. The van der Waals surface area contributed by atoms with Gasteiger partial charge < -0.3 is 15.0 Å². The summed E-state index contributed by atoms with van der Waals surface area (Å²) in [5, 5.41) is 14.4. The van der Waals surface area contributed by atoms with Crippen LogP contribution in [0.4, 0.5) is 0 Å². The first kappa shape index (κ1) is 18.3. The van der Waals surface area contributed by atoms with Crippen molar-refractivity contribution in [2.45, 2.75) is 26.8 Å². The fourth-order valence-electron chi connectivity index (χ4n) is 2.52. The fraction of sp³-hybridized carbons (Fsp3) is 0.857. The molecule has 1 aliphatic rings. The second-order valence-electron chi connectivity index (χ2n) is 5.66. The topological polar surface area (TPSA) is 67.6 Å². The fourth-order valence-corrected chi connectivity index (χ4v) is 3.03. The molecule has 0 radical (unpaired) electrons. The van der Waals surface area contributed by atoms with Crippen molar-refractivity contribution >= 4 is 11.8 Å². The molecule has 1 N–H and O–H groups in total. The van der Waals surface area contributed by atoms with E-state index in [1.54, 1.807) is 0 Å². The van der Waals surface area contributed by atoms with Gasteiger partial charge in [-0.15, -0.1) is 11.8 Å². The van der Waals surface area contributed by atoms with Gasteiger partial charge in [-0.2, -0.15) is 0 Å². The van der Waals surface area contributed by atoms with Crippen LogP contribution < -0.4 is 5.32 Å². The summed E-state index contributed by atoms with van der Waals surface area (Å²) >= 11 is 1.36. The minimum absolute atomic E-state index is 0.168. The van der Waals surface area contributed by atoms with Gasteiger partial charge in [-0.1, -0.05) is 13.8 Å². The Morgan fingerprint density at radius 3 is 2.81 bits per heavy atom.